The molecular weight excluding hydrogens is 482 g/mol. The molecule has 1 N–H and O–H groups in total. The van der Waals surface area contributed by atoms with Crippen molar-refractivity contribution in [3.05, 3.63) is 95.6 Å². The highest BCUT2D eigenvalue weighted by atomic mass is 19.4. The average Bonchev–Trinajstić information content (AvgIpc) is 3.50. The van der Waals surface area contributed by atoms with Gasteiger partial charge in [-0.05, 0) is 42.0 Å². The minimum Gasteiger partial charge on any atom is -0.489 e. The van der Waals surface area contributed by atoms with Crippen molar-refractivity contribution in [3.63, 3.8) is 0 Å². The molecule has 36 heavy (non-hydrogen) atoms. The van der Waals surface area contributed by atoms with Crippen LogP contribution in [0.15, 0.2) is 72.9 Å². The van der Waals surface area contributed by atoms with Gasteiger partial charge in [-0.1, -0.05) is 24.3 Å². The Kier molecular flexibility index (Phi) is 5.96. The normalized spacial score (nSPS) is 12.4. The molecule has 1 aliphatic rings. The fourth-order valence-corrected chi connectivity index (χ4v) is 3.66. The predicted molar refractivity (Wildman–Crippen MR) is 120 cm³/mol. The molecule has 0 radical (unpaired) electrons. The molecule has 0 unspecified atom stereocenters. The number of ether oxygens (including phenoxy) is 3. The number of para-hydroxylation sites is 1. The number of nitrogens with zero attached hydrogens (tertiary/aromatic N) is 2. The number of hydrogen-bond donors (Lipinski definition) is 1. The van der Waals surface area contributed by atoms with Crippen molar-refractivity contribution in [2.24, 2.45) is 0 Å². The van der Waals surface area contributed by atoms with Crippen LogP contribution in [0.5, 0.6) is 17.2 Å². The number of rotatable bonds is 6. The number of carbonyl (C=O) groups excluding carboxylic acids is 1. The van der Waals surface area contributed by atoms with E-state index >= 15 is 0 Å². The highest BCUT2D eigenvalue weighted by Crippen LogP contribution is 2.36. The lowest BCUT2D eigenvalue weighted by Gasteiger charge is -2.13. The van der Waals surface area contributed by atoms with E-state index in [-0.39, 0.29) is 19.1 Å². The first kappa shape index (κ1) is 23.2. The van der Waals surface area contributed by atoms with E-state index in [0.29, 0.717) is 27.5 Å². The SMILES string of the molecule is O=C(Nc1cccc(COc2ccc3c(c2)OCO3)c1)c1cnn(-c2ccccc2F)c1C(F)(F)F. The molecule has 2 heterocycles. The molecule has 1 aromatic heterocycles. The lowest BCUT2D eigenvalue weighted by atomic mass is 10.1. The van der Waals surface area contributed by atoms with E-state index in [9.17, 15) is 22.4 Å². The summed E-state index contributed by atoms with van der Waals surface area (Å²) in [5.41, 5.74) is -1.64. The van der Waals surface area contributed by atoms with Gasteiger partial charge in [0.1, 0.15) is 23.9 Å². The first-order chi connectivity index (χ1) is 17.3. The van der Waals surface area contributed by atoms with E-state index < -0.39 is 34.8 Å². The van der Waals surface area contributed by atoms with Gasteiger partial charge in [0, 0.05) is 11.8 Å². The number of hydrogen-bond acceptors (Lipinski definition) is 5. The summed E-state index contributed by atoms with van der Waals surface area (Å²) in [6.07, 6.45) is -4.21. The predicted octanol–water partition coefficient (Wildman–Crippen LogP) is 5.59. The van der Waals surface area contributed by atoms with Crippen molar-refractivity contribution in [3.8, 4) is 22.9 Å². The van der Waals surface area contributed by atoms with Crippen LogP contribution >= 0.6 is 0 Å². The smallest absolute Gasteiger partial charge is 0.434 e. The molecule has 0 aliphatic carbocycles. The number of anilines is 1. The summed E-state index contributed by atoms with van der Waals surface area (Å²) in [7, 11) is 0. The number of halogens is 4. The van der Waals surface area contributed by atoms with Crippen molar-refractivity contribution >= 4 is 11.6 Å². The maximum Gasteiger partial charge on any atom is 0.434 e. The molecule has 184 valence electrons. The van der Waals surface area contributed by atoms with Gasteiger partial charge >= 0.3 is 6.18 Å². The number of carbonyl (C=O) groups is 1. The molecule has 11 heteroatoms. The van der Waals surface area contributed by atoms with Crippen LogP contribution in [0.3, 0.4) is 0 Å². The Morgan fingerprint density at radius 3 is 2.64 bits per heavy atom. The average molecular weight is 499 g/mol. The standard InChI is InChI=1S/C25H17F4N3O4/c26-19-6-1-2-7-20(19)32-23(25(27,28)29)18(12-30-32)24(33)31-16-5-3-4-15(10-16)13-34-17-8-9-21-22(11-17)36-14-35-21/h1-12H,13-14H2,(H,31,33). The summed E-state index contributed by atoms with van der Waals surface area (Å²) < 4.78 is 72.4. The number of aromatic nitrogens is 2. The molecule has 0 fully saturated rings. The molecule has 1 amide bonds. The van der Waals surface area contributed by atoms with Crippen molar-refractivity contribution in [1.82, 2.24) is 9.78 Å². The van der Waals surface area contributed by atoms with Gasteiger partial charge in [-0.15, -0.1) is 0 Å². The second-order valence-corrected chi connectivity index (χ2v) is 7.73. The first-order valence-corrected chi connectivity index (χ1v) is 10.6. The third-order valence-corrected chi connectivity index (χ3v) is 5.30. The number of benzene rings is 3. The van der Waals surface area contributed by atoms with Gasteiger partial charge in [-0.3, -0.25) is 4.79 Å². The molecule has 0 bridgehead atoms. The van der Waals surface area contributed by atoms with Crippen molar-refractivity contribution in [1.29, 1.82) is 0 Å². The Balaban J connectivity index is 1.34. The van der Waals surface area contributed by atoms with E-state index in [2.05, 4.69) is 10.4 Å². The molecule has 0 spiro atoms. The molecule has 5 rings (SSSR count). The lowest BCUT2D eigenvalue weighted by Crippen LogP contribution is -2.21. The fourth-order valence-electron chi connectivity index (χ4n) is 3.66. The van der Waals surface area contributed by atoms with Crippen LogP contribution in [-0.4, -0.2) is 22.5 Å². The van der Waals surface area contributed by atoms with Crippen LogP contribution in [0.4, 0.5) is 23.2 Å². The molecule has 0 atom stereocenters. The monoisotopic (exact) mass is 499 g/mol. The van der Waals surface area contributed by atoms with Crippen LogP contribution in [-0.2, 0) is 12.8 Å². The Hall–Kier alpha value is -4.54. The molecular formula is C25H17F4N3O4. The summed E-state index contributed by atoms with van der Waals surface area (Å²) in [6.45, 7) is 0.262. The molecule has 1 aliphatic heterocycles. The Morgan fingerprint density at radius 2 is 1.83 bits per heavy atom. The molecule has 3 aromatic carbocycles. The zero-order chi connectivity index (χ0) is 25.3. The van der Waals surface area contributed by atoms with Crippen molar-refractivity contribution in [2.75, 3.05) is 12.1 Å². The van der Waals surface area contributed by atoms with Gasteiger partial charge in [-0.25, -0.2) is 9.07 Å². The third-order valence-electron chi connectivity index (χ3n) is 5.30. The number of nitrogens with one attached hydrogen (secondary N) is 1. The van der Waals surface area contributed by atoms with E-state index in [1.54, 1.807) is 36.4 Å². The highest BCUT2D eigenvalue weighted by molar-refractivity contribution is 6.05. The summed E-state index contributed by atoms with van der Waals surface area (Å²) in [5, 5.41) is 6.08. The highest BCUT2D eigenvalue weighted by Gasteiger charge is 2.41. The van der Waals surface area contributed by atoms with Crippen LogP contribution < -0.4 is 19.5 Å². The quantitative estimate of drug-likeness (QED) is 0.350. The van der Waals surface area contributed by atoms with Crippen molar-refractivity contribution < 1.29 is 36.6 Å². The Labute approximate surface area is 201 Å². The fraction of sp³-hybridized carbons (Fsp3) is 0.120. The summed E-state index contributed by atoms with van der Waals surface area (Å²) in [6, 6.07) is 16.4. The second kappa shape index (κ2) is 9.25. The van der Waals surface area contributed by atoms with E-state index in [0.717, 1.165) is 18.3 Å². The maximum absolute atomic E-state index is 14.2. The Morgan fingerprint density at radius 1 is 1.03 bits per heavy atom. The van der Waals surface area contributed by atoms with Crippen LogP contribution in [0.2, 0.25) is 0 Å². The van der Waals surface area contributed by atoms with Crippen LogP contribution in [0.1, 0.15) is 21.6 Å². The van der Waals surface area contributed by atoms with Gasteiger partial charge in [-0.2, -0.15) is 18.3 Å². The molecule has 0 saturated carbocycles. The van der Waals surface area contributed by atoms with Crippen LogP contribution in [0.25, 0.3) is 5.69 Å². The second-order valence-electron chi connectivity index (χ2n) is 7.73. The van der Waals surface area contributed by atoms with Gasteiger partial charge in [0.15, 0.2) is 17.2 Å². The van der Waals surface area contributed by atoms with Gasteiger partial charge in [0.25, 0.3) is 5.91 Å². The molecule has 0 saturated heterocycles. The number of fused-ring (bicyclic) bond motifs is 1. The lowest BCUT2D eigenvalue weighted by molar-refractivity contribution is -0.143. The number of amides is 1. The zero-order valence-electron chi connectivity index (χ0n) is 18.4. The number of alkyl halides is 3. The van der Waals surface area contributed by atoms with Gasteiger partial charge in [0.05, 0.1) is 11.8 Å². The minimum absolute atomic E-state index is 0.127. The van der Waals surface area contributed by atoms with E-state index in [1.807, 2.05) is 0 Å². The van der Waals surface area contributed by atoms with Crippen LogP contribution in [0, 0.1) is 5.82 Å². The first-order valence-electron chi connectivity index (χ1n) is 10.6. The third kappa shape index (κ3) is 4.67. The summed E-state index contributed by atoms with van der Waals surface area (Å²) >= 11 is 0. The largest absolute Gasteiger partial charge is 0.489 e. The zero-order valence-corrected chi connectivity index (χ0v) is 18.4. The van der Waals surface area contributed by atoms with Gasteiger partial charge < -0.3 is 19.5 Å². The molecule has 7 nitrogen and oxygen atoms in total. The summed E-state index contributed by atoms with van der Waals surface area (Å²) in [5.74, 6) is -0.246. The minimum atomic E-state index is -4.97. The molecule has 4 aromatic rings. The van der Waals surface area contributed by atoms with Crippen molar-refractivity contribution in [2.45, 2.75) is 12.8 Å². The Bertz CT molecular complexity index is 1440. The van der Waals surface area contributed by atoms with E-state index in [1.165, 1.54) is 18.2 Å². The van der Waals surface area contributed by atoms with E-state index in [4.69, 9.17) is 14.2 Å². The topological polar surface area (TPSA) is 74.6 Å². The summed E-state index contributed by atoms with van der Waals surface area (Å²) in [4.78, 5) is 12.8. The van der Waals surface area contributed by atoms with Gasteiger partial charge in [0.2, 0.25) is 6.79 Å². The maximum atomic E-state index is 14.2.